The van der Waals surface area contributed by atoms with Gasteiger partial charge in [0.2, 0.25) is 0 Å². The molecule has 1 nitrogen and oxygen atoms in total. The zero-order chi connectivity index (χ0) is 10.9. The molecule has 0 bridgehead atoms. The van der Waals surface area contributed by atoms with Gasteiger partial charge < -0.3 is 18.1 Å². The topological polar surface area (TPSA) is 20.2 Å². The maximum absolute atomic E-state index is 12.4. The van der Waals surface area contributed by atoms with Gasteiger partial charge in [0.1, 0.15) is 0 Å². The van der Waals surface area contributed by atoms with Crippen LogP contribution < -0.4 is 56.8 Å². The van der Waals surface area contributed by atoms with Gasteiger partial charge in [0.15, 0.2) is 0 Å². The number of rotatable bonds is 2. The van der Waals surface area contributed by atoms with Gasteiger partial charge in [-0.3, -0.25) is 0 Å². The van der Waals surface area contributed by atoms with Crippen LogP contribution in [0.1, 0.15) is 25.3 Å². The standard InChI is InChI=1S/C9H11BF3O.K/c1-6(2)7-3-4-9(14)8(5-7)10(11,12)13;/h3-6,14H,1-2H3;/q-1;+1. The minimum Gasteiger partial charge on any atom is -0.511 e. The number of phenolic OH excluding ortho intramolecular Hbond substituents is 1. The van der Waals surface area contributed by atoms with E-state index < -0.39 is 18.2 Å². The minimum absolute atomic E-state index is 0. The monoisotopic (exact) mass is 242 g/mol. The third-order valence-corrected chi connectivity index (χ3v) is 2.07. The minimum atomic E-state index is -5.13. The molecule has 0 fully saturated rings. The Bertz CT molecular complexity index is 339. The Kier molecular flexibility index (Phi) is 5.92. The van der Waals surface area contributed by atoms with Crippen LogP contribution in [0.3, 0.4) is 0 Å². The van der Waals surface area contributed by atoms with Crippen molar-refractivity contribution in [1.82, 2.24) is 0 Å². The summed E-state index contributed by atoms with van der Waals surface area (Å²) in [5.41, 5.74) is -0.326. The van der Waals surface area contributed by atoms with Crippen LogP contribution in [-0.4, -0.2) is 12.1 Å². The first-order valence-corrected chi connectivity index (χ1v) is 4.35. The molecule has 0 unspecified atom stereocenters. The largest absolute Gasteiger partial charge is 1.00 e. The summed E-state index contributed by atoms with van der Waals surface area (Å²) in [5, 5.41) is 9.05. The van der Waals surface area contributed by atoms with Crippen molar-refractivity contribution in [3.8, 4) is 5.75 Å². The van der Waals surface area contributed by atoms with Crippen LogP contribution in [0.5, 0.6) is 5.75 Å². The molecule has 0 aliphatic heterocycles. The molecule has 0 spiro atoms. The van der Waals surface area contributed by atoms with E-state index in [0.29, 0.717) is 5.56 Å². The summed E-state index contributed by atoms with van der Waals surface area (Å²) < 4.78 is 37.2. The van der Waals surface area contributed by atoms with Gasteiger partial charge in [-0.2, -0.15) is 0 Å². The second-order valence-corrected chi connectivity index (χ2v) is 3.55. The maximum atomic E-state index is 12.4. The van der Waals surface area contributed by atoms with Crippen molar-refractivity contribution < 1.29 is 69.4 Å². The van der Waals surface area contributed by atoms with Gasteiger partial charge in [-0.05, 0) is 17.5 Å². The normalized spacial score (nSPS) is 11.3. The van der Waals surface area contributed by atoms with Crippen molar-refractivity contribution in [3.05, 3.63) is 23.8 Å². The number of hydrogen-bond donors (Lipinski definition) is 1. The van der Waals surface area contributed by atoms with Gasteiger partial charge in [-0.15, -0.1) is 0 Å². The van der Waals surface area contributed by atoms with Crippen LogP contribution in [0, 0.1) is 0 Å². The van der Waals surface area contributed by atoms with E-state index in [1.807, 2.05) is 0 Å². The average molecular weight is 242 g/mol. The number of halogens is 3. The van der Waals surface area contributed by atoms with Gasteiger partial charge in [0.25, 0.3) is 0 Å². The molecule has 1 aromatic carbocycles. The smallest absolute Gasteiger partial charge is 0.511 e. The van der Waals surface area contributed by atoms with E-state index >= 15 is 0 Å². The summed E-state index contributed by atoms with van der Waals surface area (Å²) in [6.07, 6.45) is 0. The second kappa shape index (κ2) is 5.72. The fourth-order valence-corrected chi connectivity index (χ4v) is 1.19. The quantitative estimate of drug-likeness (QED) is 0.698. The van der Waals surface area contributed by atoms with E-state index in [1.165, 1.54) is 6.07 Å². The summed E-state index contributed by atoms with van der Waals surface area (Å²) >= 11 is 0. The maximum Gasteiger partial charge on any atom is 1.00 e. The Morgan fingerprint density at radius 3 is 2.13 bits per heavy atom. The molecule has 1 rings (SSSR count). The Labute approximate surface area is 130 Å². The third kappa shape index (κ3) is 4.11. The Morgan fingerprint density at radius 2 is 1.73 bits per heavy atom. The van der Waals surface area contributed by atoms with Crippen molar-refractivity contribution in [2.45, 2.75) is 19.8 Å². The molecule has 0 saturated heterocycles. The predicted molar refractivity (Wildman–Crippen MR) is 50.9 cm³/mol. The molecular weight excluding hydrogens is 231 g/mol. The summed E-state index contributed by atoms with van der Waals surface area (Å²) in [6, 6.07) is 3.62. The van der Waals surface area contributed by atoms with Crippen LogP contribution in [0.25, 0.3) is 0 Å². The first-order chi connectivity index (χ1) is 6.32. The molecule has 0 aromatic heterocycles. The molecule has 0 radical (unpaired) electrons. The predicted octanol–water partition coefficient (Wildman–Crippen LogP) is -0.426. The molecule has 0 atom stereocenters. The van der Waals surface area contributed by atoms with Crippen molar-refractivity contribution in [3.63, 3.8) is 0 Å². The van der Waals surface area contributed by atoms with Crippen molar-refractivity contribution in [1.29, 1.82) is 0 Å². The van der Waals surface area contributed by atoms with Gasteiger partial charge in [0, 0.05) is 0 Å². The van der Waals surface area contributed by atoms with Crippen LogP contribution >= 0.6 is 0 Å². The number of benzene rings is 1. The van der Waals surface area contributed by atoms with Crippen LogP contribution in [0.2, 0.25) is 0 Å². The Balaban J connectivity index is 0.00000196. The molecule has 0 heterocycles. The van der Waals surface area contributed by atoms with E-state index in [4.69, 9.17) is 5.11 Å². The number of hydrogen-bond acceptors (Lipinski definition) is 1. The number of phenols is 1. The Hall–Kier alpha value is 0.511. The summed E-state index contributed by atoms with van der Waals surface area (Å²) in [6.45, 7) is -1.52. The molecule has 15 heavy (non-hydrogen) atoms. The van der Waals surface area contributed by atoms with Crippen LogP contribution in [0.4, 0.5) is 12.9 Å². The molecular formula is C9H11BF3KO. The Morgan fingerprint density at radius 1 is 1.20 bits per heavy atom. The van der Waals surface area contributed by atoms with Gasteiger partial charge in [-0.1, -0.05) is 31.4 Å². The van der Waals surface area contributed by atoms with Crippen LogP contribution in [-0.2, 0) is 0 Å². The molecule has 6 heteroatoms. The molecule has 0 saturated carbocycles. The van der Waals surface area contributed by atoms with Crippen molar-refractivity contribution >= 4 is 12.4 Å². The van der Waals surface area contributed by atoms with Gasteiger partial charge >= 0.3 is 58.4 Å². The molecule has 0 aliphatic rings. The zero-order valence-electron chi connectivity index (χ0n) is 8.97. The first-order valence-electron chi connectivity index (χ1n) is 4.35. The summed E-state index contributed by atoms with van der Waals surface area (Å²) in [5.74, 6) is -0.672. The van der Waals surface area contributed by atoms with Crippen molar-refractivity contribution in [2.75, 3.05) is 0 Å². The summed E-state index contributed by atoms with van der Waals surface area (Å²) in [4.78, 5) is 0. The van der Waals surface area contributed by atoms with Crippen LogP contribution in [0.15, 0.2) is 18.2 Å². The number of aromatic hydroxyl groups is 1. The molecule has 0 aliphatic carbocycles. The van der Waals surface area contributed by atoms with E-state index in [1.54, 1.807) is 13.8 Å². The second-order valence-electron chi connectivity index (χ2n) is 3.55. The fourth-order valence-electron chi connectivity index (χ4n) is 1.19. The van der Waals surface area contributed by atoms with Gasteiger partial charge in [-0.25, -0.2) is 0 Å². The molecule has 78 valence electrons. The van der Waals surface area contributed by atoms with Crippen molar-refractivity contribution in [2.24, 2.45) is 0 Å². The molecule has 1 N–H and O–H groups in total. The molecule has 1 aromatic rings. The third-order valence-electron chi connectivity index (χ3n) is 2.07. The fraction of sp³-hybridized carbons (Fsp3) is 0.333. The van der Waals surface area contributed by atoms with E-state index in [9.17, 15) is 12.9 Å². The summed E-state index contributed by atoms with van der Waals surface area (Å²) in [7, 11) is 0. The van der Waals surface area contributed by atoms with Gasteiger partial charge in [0.05, 0.1) is 5.75 Å². The molecule has 0 amide bonds. The van der Waals surface area contributed by atoms with E-state index in [2.05, 4.69) is 0 Å². The first kappa shape index (κ1) is 15.5. The average Bonchev–Trinajstić information content (AvgIpc) is 2.02. The van der Waals surface area contributed by atoms with E-state index in [-0.39, 0.29) is 57.3 Å². The SMILES string of the molecule is CC(C)c1ccc(O)c([B-](F)(F)F)c1.[K+]. The zero-order valence-corrected chi connectivity index (χ0v) is 12.1. The van der Waals surface area contributed by atoms with E-state index in [0.717, 1.165) is 12.1 Å².